The zero-order valence-electron chi connectivity index (χ0n) is 10.9. The van der Waals surface area contributed by atoms with Crippen LogP contribution in [-0.2, 0) is 4.74 Å². The highest BCUT2D eigenvalue weighted by Gasteiger charge is 2.60. The minimum Gasteiger partial charge on any atom is -0.381 e. The molecule has 0 amide bonds. The molecule has 0 N–H and O–H groups in total. The van der Waals surface area contributed by atoms with E-state index in [9.17, 15) is 0 Å². The van der Waals surface area contributed by atoms with Crippen LogP contribution in [0.5, 0.6) is 0 Å². The summed E-state index contributed by atoms with van der Waals surface area (Å²) in [5, 5.41) is 0. The number of hydrogen-bond donors (Lipinski definition) is 0. The highest BCUT2D eigenvalue weighted by atomic mass is 16.5. The summed E-state index contributed by atoms with van der Waals surface area (Å²) in [7, 11) is 0. The van der Waals surface area contributed by atoms with E-state index in [2.05, 4.69) is 32.9 Å². The topological polar surface area (TPSA) is 9.23 Å². The van der Waals surface area contributed by atoms with Crippen molar-refractivity contribution in [3.05, 3.63) is 12.2 Å². The zero-order chi connectivity index (χ0) is 11.4. The number of hydrogen-bond acceptors (Lipinski definition) is 1. The fraction of sp³-hybridized carbons (Fsp3) is 0.867. The van der Waals surface area contributed by atoms with Crippen molar-refractivity contribution < 1.29 is 4.74 Å². The number of rotatable bonds is 1. The molecule has 3 aliphatic carbocycles. The van der Waals surface area contributed by atoms with E-state index in [4.69, 9.17) is 4.74 Å². The van der Waals surface area contributed by atoms with Crippen molar-refractivity contribution in [2.75, 3.05) is 13.2 Å². The highest BCUT2D eigenvalue weighted by Crippen LogP contribution is 2.67. The van der Waals surface area contributed by atoms with Gasteiger partial charge < -0.3 is 4.74 Å². The van der Waals surface area contributed by atoms with Gasteiger partial charge in [-0.25, -0.2) is 0 Å². The Kier molecular flexibility index (Phi) is 2.12. The maximum absolute atomic E-state index is 5.78. The fourth-order valence-corrected chi connectivity index (χ4v) is 4.74. The van der Waals surface area contributed by atoms with Crippen molar-refractivity contribution in [1.82, 2.24) is 0 Å². The van der Waals surface area contributed by atoms with Crippen LogP contribution in [0.2, 0.25) is 0 Å². The van der Waals surface area contributed by atoms with Gasteiger partial charge in [0.05, 0.1) is 6.61 Å². The number of allylic oxidation sites excluding steroid dienone is 2. The van der Waals surface area contributed by atoms with Gasteiger partial charge in [0.2, 0.25) is 0 Å². The van der Waals surface area contributed by atoms with Gasteiger partial charge >= 0.3 is 0 Å². The molecule has 3 unspecified atom stereocenters. The minimum absolute atomic E-state index is 0.432. The Hall–Kier alpha value is -0.300. The highest BCUT2D eigenvalue weighted by molar-refractivity contribution is 5.25. The van der Waals surface area contributed by atoms with E-state index in [1.807, 2.05) is 0 Å². The monoisotopic (exact) mass is 220 g/mol. The third kappa shape index (κ3) is 1.16. The molecule has 4 rings (SSSR count). The van der Waals surface area contributed by atoms with E-state index in [-0.39, 0.29) is 0 Å². The Morgan fingerprint density at radius 1 is 1.12 bits per heavy atom. The van der Waals surface area contributed by atoms with Crippen molar-refractivity contribution >= 4 is 0 Å². The molecule has 2 fully saturated rings. The van der Waals surface area contributed by atoms with Gasteiger partial charge in [-0.2, -0.15) is 0 Å². The molecular formula is C15H24O. The van der Waals surface area contributed by atoms with Crippen LogP contribution in [0.3, 0.4) is 0 Å². The molecule has 4 aliphatic rings. The predicted molar refractivity (Wildman–Crippen MR) is 66.2 cm³/mol. The average molecular weight is 220 g/mol. The van der Waals surface area contributed by atoms with E-state index in [1.54, 1.807) is 0 Å². The molecule has 1 nitrogen and oxygen atoms in total. The minimum atomic E-state index is 0.432. The molecule has 16 heavy (non-hydrogen) atoms. The van der Waals surface area contributed by atoms with Crippen molar-refractivity contribution in [3.8, 4) is 0 Å². The van der Waals surface area contributed by atoms with Crippen molar-refractivity contribution in [2.45, 2.75) is 46.5 Å². The normalized spacial score (nSPS) is 50.8. The van der Waals surface area contributed by atoms with Crippen LogP contribution in [0.1, 0.15) is 46.5 Å². The first kappa shape index (κ1) is 10.8. The molecule has 1 heteroatoms. The van der Waals surface area contributed by atoms with Crippen LogP contribution in [0.4, 0.5) is 0 Å². The van der Waals surface area contributed by atoms with E-state index < -0.39 is 0 Å². The summed E-state index contributed by atoms with van der Waals surface area (Å²) in [6, 6.07) is 0. The van der Waals surface area contributed by atoms with Crippen molar-refractivity contribution in [1.29, 1.82) is 0 Å². The third-order valence-electron chi connectivity index (χ3n) is 5.76. The first-order chi connectivity index (χ1) is 7.52. The van der Waals surface area contributed by atoms with Crippen LogP contribution in [0, 0.1) is 22.2 Å². The average Bonchev–Trinajstić information content (AvgIpc) is 2.67. The van der Waals surface area contributed by atoms with Gasteiger partial charge in [0.1, 0.15) is 0 Å². The number of fused-ring (bicyclic) bond motifs is 1. The van der Waals surface area contributed by atoms with Crippen molar-refractivity contribution in [2.24, 2.45) is 22.2 Å². The van der Waals surface area contributed by atoms with Crippen LogP contribution >= 0.6 is 0 Å². The quantitative estimate of drug-likeness (QED) is 0.611. The second-order valence-electron chi connectivity index (χ2n) is 6.94. The molecule has 90 valence electrons. The van der Waals surface area contributed by atoms with Crippen LogP contribution in [0.15, 0.2) is 12.2 Å². The predicted octanol–water partition coefficient (Wildman–Crippen LogP) is 3.80. The molecule has 0 aromatic heterocycles. The second kappa shape index (κ2) is 3.13. The summed E-state index contributed by atoms with van der Waals surface area (Å²) >= 11 is 0. The van der Waals surface area contributed by atoms with Gasteiger partial charge in [0.25, 0.3) is 0 Å². The third-order valence-corrected chi connectivity index (χ3v) is 5.76. The summed E-state index contributed by atoms with van der Waals surface area (Å²) in [6.45, 7) is 9.23. The summed E-state index contributed by atoms with van der Waals surface area (Å²) in [5.74, 6) is 0.746. The van der Waals surface area contributed by atoms with Gasteiger partial charge in [0.15, 0.2) is 0 Å². The molecule has 1 heterocycles. The Bertz CT molecular complexity index is 324. The Labute approximate surface area is 99.3 Å². The van der Waals surface area contributed by atoms with Gasteiger partial charge in [-0.3, -0.25) is 0 Å². The standard InChI is InChI=1S/C15H24O/c1-12(2)15-6-4-13(3,5-7-15)10-14(15)8-9-16-11-14/h4,6,12H,5,7-11H2,1-3H3. The summed E-state index contributed by atoms with van der Waals surface area (Å²) in [5.41, 5.74) is 1.36. The smallest absolute Gasteiger partial charge is 0.0532 e. The van der Waals surface area contributed by atoms with Crippen LogP contribution in [-0.4, -0.2) is 13.2 Å². The van der Waals surface area contributed by atoms with E-state index in [1.165, 1.54) is 25.7 Å². The molecule has 1 spiro atoms. The lowest BCUT2D eigenvalue weighted by molar-refractivity contribution is -0.0709. The molecule has 2 bridgehead atoms. The molecule has 0 aromatic carbocycles. The first-order valence-corrected chi connectivity index (χ1v) is 6.80. The molecule has 1 saturated heterocycles. The van der Waals surface area contributed by atoms with Gasteiger partial charge in [-0.15, -0.1) is 0 Å². The number of ether oxygens (including phenoxy) is 1. The SMILES string of the molecule is CC(C)C12C=CC(C)(CC1)CC21CCOC1. The van der Waals surface area contributed by atoms with Crippen LogP contribution < -0.4 is 0 Å². The van der Waals surface area contributed by atoms with Gasteiger partial charge in [-0.1, -0.05) is 32.9 Å². The largest absolute Gasteiger partial charge is 0.381 e. The Balaban J connectivity index is 2.09. The van der Waals surface area contributed by atoms with Gasteiger partial charge in [-0.05, 0) is 42.4 Å². The second-order valence-corrected chi connectivity index (χ2v) is 6.94. The molecule has 3 atom stereocenters. The first-order valence-electron chi connectivity index (χ1n) is 6.80. The zero-order valence-corrected chi connectivity index (χ0v) is 10.9. The Morgan fingerprint density at radius 3 is 2.44 bits per heavy atom. The lowest BCUT2D eigenvalue weighted by Crippen LogP contribution is -2.54. The fourth-order valence-electron chi connectivity index (χ4n) is 4.74. The maximum atomic E-state index is 5.78. The van der Waals surface area contributed by atoms with E-state index in [0.29, 0.717) is 16.2 Å². The van der Waals surface area contributed by atoms with Crippen molar-refractivity contribution in [3.63, 3.8) is 0 Å². The lowest BCUT2D eigenvalue weighted by Gasteiger charge is -2.60. The van der Waals surface area contributed by atoms with Crippen LogP contribution in [0.25, 0.3) is 0 Å². The molecule has 0 aromatic rings. The summed E-state index contributed by atoms with van der Waals surface area (Å²) in [6.07, 6.45) is 10.5. The van der Waals surface area contributed by atoms with E-state index in [0.717, 1.165) is 19.1 Å². The van der Waals surface area contributed by atoms with Gasteiger partial charge in [0, 0.05) is 12.0 Å². The molecule has 1 aliphatic heterocycles. The molecule has 1 saturated carbocycles. The molecule has 0 radical (unpaired) electrons. The van der Waals surface area contributed by atoms with E-state index >= 15 is 0 Å². The molecular weight excluding hydrogens is 196 g/mol. The maximum Gasteiger partial charge on any atom is 0.0532 e. The summed E-state index contributed by atoms with van der Waals surface area (Å²) < 4.78 is 5.78. The lowest BCUT2D eigenvalue weighted by atomic mass is 9.43. The summed E-state index contributed by atoms with van der Waals surface area (Å²) in [4.78, 5) is 0. The Morgan fingerprint density at radius 2 is 1.94 bits per heavy atom.